The van der Waals surface area contributed by atoms with Gasteiger partial charge in [0, 0.05) is 12.7 Å². The summed E-state index contributed by atoms with van der Waals surface area (Å²) < 4.78 is 28.2. The number of nitrogens with one attached hydrogen (secondary N) is 1. The van der Waals surface area contributed by atoms with Gasteiger partial charge in [0.05, 0.1) is 12.2 Å². The average Bonchev–Trinajstić information content (AvgIpc) is 2.28. The maximum absolute atomic E-state index is 11.8. The molecule has 4 nitrogen and oxygen atoms in total. The fourth-order valence-corrected chi connectivity index (χ4v) is 1.25. The van der Waals surface area contributed by atoms with Gasteiger partial charge in [0.1, 0.15) is 18.5 Å². The molecule has 0 radical (unpaired) electrons. The van der Waals surface area contributed by atoms with Crippen molar-refractivity contribution in [2.75, 3.05) is 25.1 Å². The first-order valence-electron chi connectivity index (χ1n) is 5.10. The first kappa shape index (κ1) is 13.3. The highest BCUT2D eigenvalue weighted by Crippen LogP contribution is 2.14. The van der Waals surface area contributed by atoms with Crippen molar-refractivity contribution >= 4 is 5.82 Å². The van der Waals surface area contributed by atoms with Crippen LogP contribution in [0.1, 0.15) is 11.1 Å². The standard InChI is InChI=1S/C11H13F2N3O/c1-8-2-3-15-11(9(8)6-14)16-4-5-17-7-10(12)13/h2-3,10H,4-5,7H2,1H3,(H,15,16). The summed E-state index contributed by atoms with van der Waals surface area (Å²) in [7, 11) is 0. The highest BCUT2D eigenvalue weighted by atomic mass is 19.3. The molecular weight excluding hydrogens is 228 g/mol. The molecule has 0 spiro atoms. The van der Waals surface area contributed by atoms with Gasteiger partial charge in [-0.1, -0.05) is 0 Å². The van der Waals surface area contributed by atoms with E-state index >= 15 is 0 Å². The number of rotatable bonds is 6. The van der Waals surface area contributed by atoms with E-state index in [1.807, 2.05) is 6.07 Å². The Balaban J connectivity index is 2.42. The number of aryl methyl sites for hydroxylation is 1. The van der Waals surface area contributed by atoms with E-state index in [-0.39, 0.29) is 6.61 Å². The van der Waals surface area contributed by atoms with Crippen molar-refractivity contribution in [1.82, 2.24) is 4.98 Å². The summed E-state index contributed by atoms with van der Waals surface area (Å²) in [5.74, 6) is 0.452. The van der Waals surface area contributed by atoms with E-state index in [0.29, 0.717) is 17.9 Å². The third-order valence-electron chi connectivity index (χ3n) is 2.05. The van der Waals surface area contributed by atoms with Crippen LogP contribution in [0, 0.1) is 18.3 Å². The van der Waals surface area contributed by atoms with E-state index in [2.05, 4.69) is 10.3 Å². The van der Waals surface area contributed by atoms with Crippen LogP contribution in [0.3, 0.4) is 0 Å². The summed E-state index contributed by atoms with van der Waals surface area (Å²) >= 11 is 0. The quantitative estimate of drug-likeness (QED) is 0.773. The smallest absolute Gasteiger partial charge is 0.261 e. The molecule has 1 aromatic heterocycles. The lowest BCUT2D eigenvalue weighted by Gasteiger charge is -2.08. The van der Waals surface area contributed by atoms with Crippen LogP contribution in [0.4, 0.5) is 14.6 Å². The summed E-state index contributed by atoms with van der Waals surface area (Å²) in [5.41, 5.74) is 1.28. The zero-order chi connectivity index (χ0) is 12.7. The average molecular weight is 241 g/mol. The van der Waals surface area contributed by atoms with E-state index in [0.717, 1.165) is 5.56 Å². The third kappa shape index (κ3) is 4.33. The molecule has 0 unspecified atom stereocenters. The van der Waals surface area contributed by atoms with Crippen molar-refractivity contribution in [1.29, 1.82) is 5.26 Å². The van der Waals surface area contributed by atoms with Gasteiger partial charge in [0.25, 0.3) is 6.43 Å². The van der Waals surface area contributed by atoms with E-state index in [9.17, 15) is 8.78 Å². The molecule has 0 aromatic carbocycles. The maximum Gasteiger partial charge on any atom is 0.261 e. The molecule has 0 saturated carbocycles. The van der Waals surface area contributed by atoms with Crippen molar-refractivity contribution in [3.8, 4) is 6.07 Å². The monoisotopic (exact) mass is 241 g/mol. The summed E-state index contributed by atoms with van der Waals surface area (Å²) in [5, 5.41) is 11.8. The van der Waals surface area contributed by atoms with Crippen molar-refractivity contribution in [3.05, 3.63) is 23.4 Å². The van der Waals surface area contributed by atoms with Gasteiger partial charge in [0.2, 0.25) is 0 Å². The van der Waals surface area contributed by atoms with Crippen LogP contribution in [-0.4, -0.2) is 31.2 Å². The second-order valence-electron chi connectivity index (χ2n) is 3.36. The van der Waals surface area contributed by atoms with Gasteiger partial charge in [-0.2, -0.15) is 5.26 Å². The Kier molecular flexibility index (Phi) is 5.30. The second-order valence-corrected chi connectivity index (χ2v) is 3.36. The minimum Gasteiger partial charge on any atom is -0.374 e. The minimum atomic E-state index is -2.46. The number of halogens is 2. The maximum atomic E-state index is 11.8. The van der Waals surface area contributed by atoms with Crippen LogP contribution >= 0.6 is 0 Å². The highest BCUT2D eigenvalue weighted by molar-refractivity contribution is 5.55. The molecule has 0 aliphatic heterocycles. The molecule has 1 N–H and O–H groups in total. The minimum absolute atomic E-state index is 0.144. The Morgan fingerprint density at radius 2 is 2.35 bits per heavy atom. The van der Waals surface area contributed by atoms with Crippen LogP contribution in [0.5, 0.6) is 0 Å². The zero-order valence-electron chi connectivity index (χ0n) is 9.41. The normalized spacial score (nSPS) is 10.3. The zero-order valence-corrected chi connectivity index (χ0v) is 9.41. The van der Waals surface area contributed by atoms with Crippen LogP contribution in [0.2, 0.25) is 0 Å². The van der Waals surface area contributed by atoms with Crippen LogP contribution in [0.25, 0.3) is 0 Å². The number of nitriles is 1. The summed E-state index contributed by atoms with van der Waals surface area (Å²) in [6.45, 7) is 1.70. The molecule has 1 heterocycles. The summed E-state index contributed by atoms with van der Waals surface area (Å²) in [4.78, 5) is 4.01. The molecule has 6 heteroatoms. The summed E-state index contributed by atoms with van der Waals surface area (Å²) in [6.07, 6.45) is -0.875. The van der Waals surface area contributed by atoms with Gasteiger partial charge in [-0.25, -0.2) is 13.8 Å². The molecule has 0 aliphatic rings. The number of alkyl halides is 2. The number of aromatic nitrogens is 1. The molecule has 1 rings (SSSR count). The number of hydrogen-bond donors (Lipinski definition) is 1. The Hall–Kier alpha value is -1.74. The van der Waals surface area contributed by atoms with Gasteiger partial charge < -0.3 is 10.1 Å². The Morgan fingerprint density at radius 1 is 1.59 bits per heavy atom. The Labute approximate surface area is 98.2 Å². The predicted octanol–water partition coefficient (Wildman–Crippen LogP) is 1.96. The van der Waals surface area contributed by atoms with Crippen LogP contribution in [0.15, 0.2) is 12.3 Å². The molecule has 0 saturated heterocycles. The van der Waals surface area contributed by atoms with Crippen molar-refractivity contribution < 1.29 is 13.5 Å². The van der Waals surface area contributed by atoms with Crippen molar-refractivity contribution in [2.45, 2.75) is 13.3 Å². The lowest BCUT2D eigenvalue weighted by molar-refractivity contribution is 0.0215. The van der Waals surface area contributed by atoms with E-state index < -0.39 is 13.0 Å². The van der Waals surface area contributed by atoms with Gasteiger partial charge >= 0.3 is 0 Å². The second kappa shape index (κ2) is 6.76. The molecule has 0 aliphatic carbocycles. The van der Waals surface area contributed by atoms with Crippen molar-refractivity contribution in [2.24, 2.45) is 0 Å². The van der Waals surface area contributed by atoms with Gasteiger partial charge in [-0.15, -0.1) is 0 Å². The largest absolute Gasteiger partial charge is 0.374 e. The Morgan fingerprint density at radius 3 is 3.00 bits per heavy atom. The van der Waals surface area contributed by atoms with Crippen LogP contribution < -0.4 is 5.32 Å². The summed E-state index contributed by atoms with van der Waals surface area (Å²) in [6, 6.07) is 3.77. The molecule has 0 amide bonds. The highest BCUT2D eigenvalue weighted by Gasteiger charge is 2.06. The van der Waals surface area contributed by atoms with Gasteiger partial charge in [0.15, 0.2) is 0 Å². The fourth-order valence-electron chi connectivity index (χ4n) is 1.25. The number of pyridine rings is 1. The number of ether oxygens (including phenoxy) is 1. The van der Waals surface area contributed by atoms with E-state index in [1.54, 1.807) is 19.2 Å². The molecule has 92 valence electrons. The molecule has 1 aromatic rings. The Bertz CT molecular complexity index is 404. The van der Waals surface area contributed by atoms with E-state index in [4.69, 9.17) is 10.00 Å². The SMILES string of the molecule is Cc1ccnc(NCCOCC(F)F)c1C#N. The number of nitrogens with zero attached hydrogens (tertiary/aromatic N) is 2. The molecule has 0 fully saturated rings. The van der Waals surface area contributed by atoms with Crippen LogP contribution in [-0.2, 0) is 4.74 Å². The topological polar surface area (TPSA) is 57.9 Å². The van der Waals surface area contributed by atoms with Crippen molar-refractivity contribution in [3.63, 3.8) is 0 Å². The first-order chi connectivity index (χ1) is 8.15. The predicted molar refractivity (Wildman–Crippen MR) is 59.0 cm³/mol. The fraction of sp³-hybridized carbons (Fsp3) is 0.455. The van der Waals surface area contributed by atoms with E-state index in [1.165, 1.54) is 0 Å². The lowest BCUT2D eigenvalue weighted by Crippen LogP contribution is -2.14. The number of anilines is 1. The molecule has 17 heavy (non-hydrogen) atoms. The third-order valence-corrected chi connectivity index (χ3v) is 2.05. The lowest BCUT2D eigenvalue weighted by atomic mass is 10.1. The molecule has 0 bridgehead atoms. The number of hydrogen-bond acceptors (Lipinski definition) is 4. The first-order valence-corrected chi connectivity index (χ1v) is 5.10. The van der Waals surface area contributed by atoms with Gasteiger partial charge in [-0.05, 0) is 18.6 Å². The van der Waals surface area contributed by atoms with Gasteiger partial charge in [-0.3, -0.25) is 0 Å². The molecule has 0 atom stereocenters. The molecular formula is C11H13F2N3O.